The second-order valence-electron chi connectivity index (χ2n) is 4.46. The Morgan fingerprint density at radius 1 is 1.38 bits per heavy atom. The average molecular weight is 278 g/mol. The molecule has 0 aromatic heterocycles. The van der Waals surface area contributed by atoms with Crippen molar-refractivity contribution in [3.63, 3.8) is 0 Å². The van der Waals surface area contributed by atoms with Crippen molar-refractivity contribution in [2.75, 3.05) is 18.4 Å². The monoisotopic (exact) mass is 277 g/mol. The van der Waals surface area contributed by atoms with Crippen LogP contribution in [0.4, 0.5) is 5.69 Å². The number of rotatable bonds is 2. The number of hydrogen-bond acceptors (Lipinski definition) is 3. The Morgan fingerprint density at radius 3 is 2.81 bits per heavy atom. The molecule has 1 aliphatic carbocycles. The molecule has 82 valence electrons. The van der Waals surface area contributed by atoms with Gasteiger partial charge in [0, 0.05) is 23.6 Å². The van der Waals surface area contributed by atoms with E-state index in [1.54, 1.807) is 0 Å². The van der Waals surface area contributed by atoms with Crippen LogP contribution in [0.15, 0.2) is 22.7 Å². The Balaban J connectivity index is 1.78. The fraction of sp³-hybridized carbons (Fsp3) is 0.417. The summed E-state index contributed by atoms with van der Waals surface area (Å²) in [5.74, 6) is 1.52. The van der Waals surface area contributed by atoms with Crippen LogP contribution in [0.2, 0.25) is 0 Å². The topological polar surface area (TPSA) is 47.9 Å². The zero-order chi connectivity index (χ0) is 11.1. The van der Waals surface area contributed by atoms with Gasteiger partial charge in [0.05, 0.1) is 11.3 Å². The number of nitrogens with one attached hydrogen (secondary N) is 2. The highest BCUT2D eigenvalue weighted by molar-refractivity contribution is 9.10. The van der Waals surface area contributed by atoms with Crippen LogP contribution in [0.1, 0.15) is 5.56 Å². The SMILES string of the molecule is N#Cc1cc(Br)ccc1NC1C2CNCC21. The first kappa shape index (κ1) is 10.1. The lowest BCUT2D eigenvalue weighted by atomic mass is 10.2. The van der Waals surface area contributed by atoms with Gasteiger partial charge in [-0.3, -0.25) is 0 Å². The smallest absolute Gasteiger partial charge is 0.101 e. The molecular weight excluding hydrogens is 266 g/mol. The minimum absolute atomic E-state index is 0.564. The third-order valence-corrected chi connectivity index (χ3v) is 4.01. The third kappa shape index (κ3) is 1.60. The van der Waals surface area contributed by atoms with E-state index in [0.717, 1.165) is 35.1 Å². The minimum Gasteiger partial charge on any atom is -0.381 e. The molecule has 2 unspecified atom stereocenters. The number of piperidine rings is 1. The fourth-order valence-corrected chi connectivity index (χ4v) is 2.91. The molecule has 3 rings (SSSR count). The third-order valence-electron chi connectivity index (χ3n) is 3.52. The summed E-state index contributed by atoms with van der Waals surface area (Å²) < 4.78 is 0.951. The fourth-order valence-electron chi connectivity index (χ4n) is 2.55. The molecule has 1 aliphatic heterocycles. The van der Waals surface area contributed by atoms with Crippen molar-refractivity contribution in [1.29, 1.82) is 5.26 Å². The van der Waals surface area contributed by atoms with Crippen molar-refractivity contribution < 1.29 is 0 Å². The van der Waals surface area contributed by atoms with Crippen molar-refractivity contribution in [3.8, 4) is 6.07 Å². The Kier molecular flexibility index (Phi) is 2.38. The molecule has 0 amide bonds. The number of hydrogen-bond donors (Lipinski definition) is 2. The predicted molar refractivity (Wildman–Crippen MR) is 66.1 cm³/mol. The van der Waals surface area contributed by atoms with Crippen LogP contribution < -0.4 is 10.6 Å². The summed E-state index contributed by atoms with van der Waals surface area (Å²) in [5.41, 5.74) is 1.68. The van der Waals surface area contributed by atoms with Gasteiger partial charge >= 0.3 is 0 Å². The molecule has 1 aromatic carbocycles. The molecule has 16 heavy (non-hydrogen) atoms. The highest BCUT2D eigenvalue weighted by atomic mass is 79.9. The van der Waals surface area contributed by atoms with E-state index in [-0.39, 0.29) is 0 Å². The summed E-state index contributed by atoms with van der Waals surface area (Å²) in [4.78, 5) is 0. The Bertz CT molecular complexity index is 456. The maximum atomic E-state index is 9.06. The quantitative estimate of drug-likeness (QED) is 0.869. The number of benzene rings is 1. The van der Waals surface area contributed by atoms with Gasteiger partial charge in [0.25, 0.3) is 0 Å². The average Bonchev–Trinajstić information content (AvgIpc) is 2.75. The maximum Gasteiger partial charge on any atom is 0.101 e. The number of halogens is 1. The molecule has 2 N–H and O–H groups in total. The molecular formula is C12H12BrN3. The molecule has 0 spiro atoms. The van der Waals surface area contributed by atoms with E-state index in [0.29, 0.717) is 11.6 Å². The van der Waals surface area contributed by atoms with Gasteiger partial charge in [-0.1, -0.05) is 15.9 Å². The summed E-state index contributed by atoms with van der Waals surface area (Å²) in [5, 5.41) is 15.9. The summed E-state index contributed by atoms with van der Waals surface area (Å²) in [6.07, 6.45) is 0. The van der Waals surface area contributed by atoms with Crippen molar-refractivity contribution in [3.05, 3.63) is 28.2 Å². The van der Waals surface area contributed by atoms with Crippen LogP contribution in [-0.4, -0.2) is 19.1 Å². The van der Waals surface area contributed by atoms with Gasteiger partial charge in [0.1, 0.15) is 6.07 Å². The Morgan fingerprint density at radius 2 is 2.12 bits per heavy atom. The zero-order valence-electron chi connectivity index (χ0n) is 8.70. The first-order chi connectivity index (χ1) is 7.79. The number of fused-ring (bicyclic) bond motifs is 1. The molecule has 0 bridgehead atoms. The zero-order valence-corrected chi connectivity index (χ0v) is 10.3. The highest BCUT2D eigenvalue weighted by Crippen LogP contribution is 2.44. The van der Waals surface area contributed by atoms with Gasteiger partial charge < -0.3 is 10.6 Å². The predicted octanol–water partition coefficient (Wildman–Crippen LogP) is 1.95. The van der Waals surface area contributed by atoms with Crippen LogP contribution >= 0.6 is 15.9 Å². The maximum absolute atomic E-state index is 9.06. The van der Waals surface area contributed by atoms with Crippen LogP contribution in [0.3, 0.4) is 0 Å². The van der Waals surface area contributed by atoms with E-state index in [4.69, 9.17) is 5.26 Å². The minimum atomic E-state index is 0.564. The number of nitrogens with zero attached hydrogens (tertiary/aromatic N) is 1. The second kappa shape index (κ2) is 3.76. The normalized spacial score (nSPS) is 30.6. The summed E-state index contributed by atoms with van der Waals surface area (Å²) in [6.45, 7) is 2.22. The Labute approximate surface area is 103 Å². The van der Waals surface area contributed by atoms with E-state index in [1.807, 2.05) is 18.2 Å². The first-order valence-electron chi connectivity index (χ1n) is 5.46. The molecule has 2 fully saturated rings. The molecule has 1 saturated heterocycles. The van der Waals surface area contributed by atoms with Gasteiger partial charge in [-0.05, 0) is 30.0 Å². The van der Waals surface area contributed by atoms with E-state index in [2.05, 4.69) is 32.6 Å². The first-order valence-corrected chi connectivity index (χ1v) is 6.26. The van der Waals surface area contributed by atoms with E-state index < -0.39 is 0 Å². The van der Waals surface area contributed by atoms with Crippen LogP contribution in [0.5, 0.6) is 0 Å². The lowest BCUT2D eigenvalue weighted by Gasteiger charge is -2.10. The Hall–Kier alpha value is -1.05. The summed E-state index contributed by atoms with van der Waals surface area (Å²) in [6, 6.07) is 8.60. The highest BCUT2D eigenvalue weighted by Gasteiger charge is 2.52. The van der Waals surface area contributed by atoms with E-state index >= 15 is 0 Å². The van der Waals surface area contributed by atoms with Crippen molar-refractivity contribution >= 4 is 21.6 Å². The molecule has 1 heterocycles. The van der Waals surface area contributed by atoms with Crippen molar-refractivity contribution in [1.82, 2.24) is 5.32 Å². The van der Waals surface area contributed by atoms with Gasteiger partial charge in [-0.25, -0.2) is 0 Å². The lowest BCUT2D eigenvalue weighted by Crippen LogP contribution is -2.21. The lowest BCUT2D eigenvalue weighted by molar-refractivity contribution is 0.697. The van der Waals surface area contributed by atoms with Crippen LogP contribution in [0.25, 0.3) is 0 Å². The van der Waals surface area contributed by atoms with Crippen molar-refractivity contribution in [2.24, 2.45) is 11.8 Å². The van der Waals surface area contributed by atoms with E-state index in [1.165, 1.54) is 0 Å². The molecule has 4 heteroatoms. The molecule has 2 aliphatic rings. The van der Waals surface area contributed by atoms with Gasteiger partial charge in [0.15, 0.2) is 0 Å². The van der Waals surface area contributed by atoms with Crippen LogP contribution in [-0.2, 0) is 0 Å². The summed E-state index contributed by atoms with van der Waals surface area (Å²) in [7, 11) is 0. The largest absolute Gasteiger partial charge is 0.381 e. The molecule has 3 nitrogen and oxygen atoms in total. The molecule has 1 saturated carbocycles. The second-order valence-corrected chi connectivity index (χ2v) is 5.37. The van der Waals surface area contributed by atoms with Gasteiger partial charge in [-0.2, -0.15) is 5.26 Å². The molecule has 0 radical (unpaired) electrons. The standard InChI is InChI=1S/C12H12BrN3/c13-8-1-2-11(7(3-8)4-14)16-12-9-5-15-6-10(9)12/h1-3,9-10,12,15-16H,5-6H2. The summed E-state index contributed by atoms with van der Waals surface area (Å²) >= 11 is 3.38. The number of nitriles is 1. The van der Waals surface area contributed by atoms with Crippen molar-refractivity contribution in [2.45, 2.75) is 6.04 Å². The molecule has 2 atom stereocenters. The van der Waals surface area contributed by atoms with Gasteiger partial charge in [0.2, 0.25) is 0 Å². The van der Waals surface area contributed by atoms with Gasteiger partial charge in [-0.15, -0.1) is 0 Å². The van der Waals surface area contributed by atoms with E-state index in [9.17, 15) is 0 Å². The number of anilines is 1. The van der Waals surface area contributed by atoms with Crippen LogP contribution in [0, 0.1) is 23.2 Å². The molecule has 1 aromatic rings.